The zero-order chi connectivity index (χ0) is 10.8. The summed E-state index contributed by atoms with van der Waals surface area (Å²) in [5.41, 5.74) is 5.00. The Morgan fingerprint density at radius 1 is 1.13 bits per heavy atom. The molecule has 0 bridgehead atoms. The van der Waals surface area contributed by atoms with Crippen LogP contribution in [0.4, 0.5) is 0 Å². The maximum absolute atomic E-state index is 4.07. The number of nitrogens with zero attached hydrogens (tertiary/aromatic N) is 1. The third kappa shape index (κ3) is 1.80. The van der Waals surface area contributed by atoms with Crippen molar-refractivity contribution in [1.82, 2.24) is 10.2 Å². The molecule has 2 heteroatoms. The first kappa shape index (κ1) is 9.97. The monoisotopic (exact) mass is 200 g/mol. The zero-order valence-electron chi connectivity index (χ0n) is 9.41. The average Bonchev–Trinajstić information content (AvgIpc) is 2.64. The lowest BCUT2D eigenvalue weighted by molar-refractivity contribution is 0.869. The SMILES string of the molecule is Cc1[nH]ncc1-c1ccccc1C(C)C. The minimum absolute atomic E-state index is 0.537. The van der Waals surface area contributed by atoms with Crippen molar-refractivity contribution in [2.45, 2.75) is 26.7 Å². The summed E-state index contributed by atoms with van der Waals surface area (Å²) in [4.78, 5) is 0. The van der Waals surface area contributed by atoms with Gasteiger partial charge < -0.3 is 0 Å². The first-order chi connectivity index (χ1) is 7.20. The normalized spacial score (nSPS) is 10.9. The van der Waals surface area contributed by atoms with Gasteiger partial charge in [0, 0.05) is 11.3 Å². The number of nitrogens with one attached hydrogen (secondary N) is 1. The van der Waals surface area contributed by atoms with E-state index in [9.17, 15) is 0 Å². The predicted octanol–water partition coefficient (Wildman–Crippen LogP) is 3.51. The van der Waals surface area contributed by atoms with Gasteiger partial charge in [0.15, 0.2) is 0 Å². The van der Waals surface area contributed by atoms with Gasteiger partial charge in [0.25, 0.3) is 0 Å². The molecule has 15 heavy (non-hydrogen) atoms. The second kappa shape index (κ2) is 3.89. The number of benzene rings is 1. The second-order valence-corrected chi connectivity index (χ2v) is 4.15. The van der Waals surface area contributed by atoms with Crippen LogP contribution in [0.3, 0.4) is 0 Å². The molecule has 0 aliphatic carbocycles. The first-order valence-corrected chi connectivity index (χ1v) is 5.29. The van der Waals surface area contributed by atoms with Gasteiger partial charge in [-0.1, -0.05) is 38.1 Å². The Kier molecular flexibility index (Phi) is 2.58. The van der Waals surface area contributed by atoms with E-state index < -0.39 is 0 Å². The smallest absolute Gasteiger partial charge is 0.0568 e. The number of aryl methyl sites for hydroxylation is 1. The summed E-state index contributed by atoms with van der Waals surface area (Å²) >= 11 is 0. The molecule has 1 aromatic heterocycles. The van der Waals surface area contributed by atoms with Crippen LogP contribution in [0.5, 0.6) is 0 Å². The molecule has 0 saturated heterocycles. The Labute approximate surface area is 90.3 Å². The van der Waals surface area contributed by atoms with Gasteiger partial charge in [0.2, 0.25) is 0 Å². The highest BCUT2D eigenvalue weighted by Crippen LogP contribution is 2.29. The van der Waals surface area contributed by atoms with Gasteiger partial charge in [-0.05, 0) is 24.0 Å². The van der Waals surface area contributed by atoms with E-state index in [2.05, 4.69) is 55.2 Å². The van der Waals surface area contributed by atoms with Crippen LogP contribution >= 0.6 is 0 Å². The highest BCUT2D eigenvalue weighted by molar-refractivity contribution is 5.69. The van der Waals surface area contributed by atoms with E-state index in [-0.39, 0.29) is 0 Å². The van der Waals surface area contributed by atoms with E-state index in [1.165, 1.54) is 16.7 Å². The average molecular weight is 200 g/mol. The highest BCUT2D eigenvalue weighted by Gasteiger charge is 2.10. The molecule has 78 valence electrons. The Hall–Kier alpha value is -1.57. The van der Waals surface area contributed by atoms with Crippen LogP contribution in [0.1, 0.15) is 31.0 Å². The summed E-state index contributed by atoms with van der Waals surface area (Å²) in [6.45, 7) is 6.49. The van der Waals surface area contributed by atoms with Crippen LogP contribution in [0.2, 0.25) is 0 Å². The molecule has 2 rings (SSSR count). The summed E-state index contributed by atoms with van der Waals surface area (Å²) in [7, 11) is 0. The van der Waals surface area contributed by atoms with Crippen molar-refractivity contribution in [3.8, 4) is 11.1 Å². The van der Waals surface area contributed by atoms with Gasteiger partial charge in [-0.15, -0.1) is 0 Å². The predicted molar refractivity (Wildman–Crippen MR) is 62.8 cm³/mol. The summed E-state index contributed by atoms with van der Waals surface area (Å²) in [5.74, 6) is 0.537. The summed E-state index contributed by atoms with van der Waals surface area (Å²) in [6, 6.07) is 8.52. The molecule has 0 unspecified atom stereocenters. The topological polar surface area (TPSA) is 28.7 Å². The molecular weight excluding hydrogens is 184 g/mol. The molecule has 0 amide bonds. The van der Waals surface area contributed by atoms with Crippen LogP contribution in [-0.2, 0) is 0 Å². The molecule has 0 atom stereocenters. The molecule has 1 aromatic carbocycles. The molecule has 1 heterocycles. The number of aromatic nitrogens is 2. The lowest BCUT2D eigenvalue weighted by atomic mass is 9.93. The van der Waals surface area contributed by atoms with Crippen molar-refractivity contribution in [1.29, 1.82) is 0 Å². The van der Waals surface area contributed by atoms with Gasteiger partial charge in [-0.2, -0.15) is 5.10 Å². The summed E-state index contributed by atoms with van der Waals surface area (Å²) in [6.07, 6.45) is 1.90. The van der Waals surface area contributed by atoms with Crippen molar-refractivity contribution in [2.75, 3.05) is 0 Å². The van der Waals surface area contributed by atoms with Crippen LogP contribution in [0.15, 0.2) is 30.5 Å². The van der Waals surface area contributed by atoms with E-state index in [1.54, 1.807) is 0 Å². The quantitative estimate of drug-likeness (QED) is 0.789. The van der Waals surface area contributed by atoms with Gasteiger partial charge in [0.05, 0.1) is 6.20 Å². The lowest BCUT2D eigenvalue weighted by Crippen LogP contribution is -1.92. The van der Waals surface area contributed by atoms with E-state index in [0.717, 1.165) is 5.69 Å². The third-order valence-electron chi connectivity index (χ3n) is 2.70. The Bertz CT molecular complexity index is 455. The van der Waals surface area contributed by atoms with E-state index in [0.29, 0.717) is 5.92 Å². The molecular formula is C13H16N2. The van der Waals surface area contributed by atoms with Crippen molar-refractivity contribution in [3.63, 3.8) is 0 Å². The molecule has 0 aliphatic rings. The molecule has 2 nitrogen and oxygen atoms in total. The number of hydrogen-bond donors (Lipinski definition) is 1. The van der Waals surface area contributed by atoms with Crippen LogP contribution in [0.25, 0.3) is 11.1 Å². The van der Waals surface area contributed by atoms with Gasteiger partial charge in [-0.3, -0.25) is 5.10 Å². The molecule has 0 radical (unpaired) electrons. The van der Waals surface area contributed by atoms with Crippen LogP contribution < -0.4 is 0 Å². The standard InChI is InChI=1S/C13H16N2/c1-9(2)11-6-4-5-7-12(11)13-8-14-15-10(13)3/h4-9H,1-3H3,(H,14,15). The number of aromatic amines is 1. The van der Waals surface area contributed by atoms with E-state index >= 15 is 0 Å². The van der Waals surface area contributed by atoms with Crippen molar-refractivity contribution in [3.05, 3.63) is 41.7 Å². The van der Waals surface area contributed by atoms with Gasteiger partial charge >= 0.3 is 0 Å². The van der Waals surface area contributed by atoms with Crippen molar-refractivity contribution < 1.29 is 0 Å². The maximum atomic E-state index is 4.07. The van der Waals surface area contributed by atoms with Crippen molar-refractivity contribution >= 4 is 0 Å². The molecule has 0 spiro atoms. The summed E-state index contributed by atoms with van der Waals surface area (Å²) in [5, 5.41) is 7.06. The fraction of sp³-hybridized carbons (Fsp3) is 0.308. The summed E-state index contributed by atoms with van der Waals surface area (Å²) < 4.78 is 0. The maximum Gasteiger partial charge on any atom is 0.0568 e. The number of rotatable bonds is 2. The van der Waals surface area contributed by atoms with Crippen LogP contribution in [0, 0.1) is 6.92 Å². The van der Waals surface area contributed by atoms with Gasteiger partial charge in [-0.25, -0.2) is 0 Å². The third-order valence-corrected chi connectivity index (χ3v) is 2.70. The zero-order valence-corrected chi connectivity index (χ0v) is 9.41. The Balaban J connectivity index is 2.58. The molecule has 0 fully saturated rings. The van der Waals surface area contributed by atoms with E-state index in [1.807, 2.05) is 6.20 Å². The number of H-pyrrole nitrogens is 1. The number of hydrogen-bond acceptors (Lipinski definition) is 1. The fourth-order valence-electron chi connectivity index (χ4n) is 1.87. The van der Waals surface area contributed by atoms with Crippen molar-refractivity contribution in [2.24, 2.45) is 0 Å². The van der Waals surface area contributed by atoms with Gasteiger partial charge in [0.1, 0.15) is 0 Å². The minimum Gasteiger partial charge on any atom is -0.282 e. The molecule has 0 aliphatic heterocycles. The van der Waals surface area contributed by atoms with Crippen LogP contribution in [-0.4, -0.2) is 10.2 Å². The second-order valence-electron chi connectivity index (χ2n) is 4.15. The fourth-order valence-corrected chi connectivity index (χ4v) is 1.87. The molecule has 2 aromatic rings. The Morgan fingerprint density at radius 3 is 2.47 bits per heavy atom. The highest BCUT2D eigenvalue weighted by atomic mass is 15.1. The molecule has 0 saturated carbocycles. The Morgan fingerprint density at radius 2 is 1.87 bits per heavy atom. The lowest BCUT2D eigenvalue weighted by Gasteiger charge is -2.11. The van der Waals surface area contributed by atoms with E-state index in [4.69, 9.17) is 0 Å². The largest absolute Gasteiger partial charge is 0.282 e. The minimum atomic E-state index is 0.537. The first-order valence-electron chi connectivity index (χ1n) is 5.29. The molecule has 1 N–H and O–H groups in total.